The van der Waals surface area contributed by atoms with Crippen molar-refractivity contribution in [2.45, 2.75) is 19.8 Å². The molecule has 0 aliphatic carbocycles. The fraction of sp³-hybridized carbons (Fsp3) is 0.154. The van der Waals surface area contributed by atoms with Crippen LogP contribution in [0.1, 0.15) is 18.9 Å². The van der Waals surface area contributed by atoms with Crippen molar-refractivity contribution in [3.05, 3.63) is 69.1 Å². The zero-order valence-corrected chi connectivity index (χ0v) is 22.1. The Kier molecular flexibility index (Phi) is 7.47. The molecule has 1 heterocycles. The van der Waals surface area contributed by atoms with Crippen LogP contribution in [-0.2, 0) is 16.0 Å². The van der Waals surface area contributed by atoms with E-state index in [-0.39, 0.29) is 0 Å². The molecule has 0 saturated carbocycles. The molecular formula is C26H22Br2N2O5. The SMILES string of the molecule is CCc1c(-c2ccc(OC)cc2)[nH]c2ccc(Oc3c(Br)cc(NC(=O)CC(=O)O)cc3Br)cc12. The van der Waals surface area contributed by atoms with Crippen molar-refractivity contribution in [3.8, 4) is 28.5 Å². The summed E-state index contributed by atoms with van der Waals surface area (Å²) >= 11 is 6.96. The third-order valence-electron chi connectivity index (χ3n) is 5.42. The highest BCUT2D eigenvalue weighted by Crippen LogP contribution is 2.41. The van der Waals surface area contributed by atoms with Crippen LogP contribution < -0.4 is 14.8 Å². The lowest BCUT2D eigenvalue weighted by Crippen LogP contribution is -2.15. The molecule has 3 N–H and O–H groups in total. The maximum Gasteiger partial charge on any atom is 0.312 e. The molecular weight excluding hydrogens is 580 g/mol. The van der Waals surface area contributed by atoms with Crippen molar-refractivity contribution in [2.24, 2.45) is 0 Å². The molecule has 0 aliphatic heterocycles. The Labute approximate surface area is 218 Å². The van der Waals surface area contributed by atoms with Crippen molar-refractivity contribution < 1.29 is 24.2 Å². The maximum absolute atomic E-state index is 11.8. The Balaban J connectivity index is 1.63. The van der Waals surface area contributed by atoms with Gasteiger partial charge in [-0.15, -0.1) is 0 Å². The number of hydrogen-bond acceptors (Lipinski definition) is 4. The minimum Gasteiger partial charge on any atom is -0.497 e. The Morgan fingerprint density at radius 1 is 1.00 bits per heavy atom. The van der Waals surface area contributed by atoms with Crippen LogP contribution in [0.2, 0.25) is 0 Å². The summed E-state index contributed by atoms with van der Waals surface area (Å²) in [6.45, 7) is 2.12. The molecule has 1 aromatic heterocycles. The van der Waals surface area contributed by atoms with Gasteiger partial charge in [0.1, 0.15) is 17.9 Å². The van der Waals surface area contributed by atoms with Gasteiger partial charge in [-0.3, -0.25) is 9.59 Å². The van der Waals surface area contributed by atoms with E-state index in [9.17, 15) is 9.59 Å². The number of aromatic amines is 1. The number of carbonyl (C=O) groups excluding carboxylic acids is 1. The van der Waals surface area contributed by atoms with Gasteiger partial charge in [0.2, 0.25) is 5.91 Å². The lowest BCUT2D eigenvalue weighted by molar-refractivity contribution is -0.139. The van der Waals surface area contributed by atoms with Crippen molar-refractivity contribution in [2.75, 3.05) is 12.4 Å². The fourth-order valence-corrected chi connectivity index (χ4v) is 5.20. The van der Waals surface area contributed by atoms with Gasteiger partial charge < -0.3 is 24.9 Å². The van der Waals surface area contributed by atoms with Gasteiger partial charge in [0.15, 0.2) is 5.75 Å². The van der Waals surface area contributed by atoms with Crippen LogP contribution in [0.15, 0.2) is 63.5 Å². The minimum atomic E-state index is -1.19. The van der Waals surface area contributed by atoms with Crippen molar-refractivity contribution in [1.29, 1.82) is 0 Å². The molecule has 4 rings (SSSR count). The molecule has 0 spiro atoms. The van der Waals surface area contributed by atoms with E-state index in [1.807, 2.05) is 42.5 Å². The predicted octanol–water partition coefficient (Wildman–Crippen LogP) is 7.14. The molecule has 9 heteroatoms. The number of aliphatic carboxylic acids is 1. The topological polar surface area (TPSA) is 101 Å². The van der Waals surface area contributed by atoms with E-state index in [2.05, 4.69) is 49.1 Å². The van der Waals surface area contributed by atoms with Crippen LogP contribution in [0.5, 0.6) is 17.2 Å². The van der Waals surface area contributed by atoms with Crippen molar-refractivity contribution >= 4 is 60.3 Å². The highest BCUT2D eigenvalue weighted by Gasteiger charge is 2.16. The second-order valence-corrected chi connectivity index (χ2v) is 9.47. The summed E-state index contributed by atoms with van der Waals surface area (Å²) in [6.07, 6.45) is 0.228. The number of carbonyl (C=O) groups is 2. The number of aromatic nitrogens is 1. The van der Waals surface area contributed by atoms with E-state index in [1.165, 1.54) is 5.56 Å². The van der Waals surface area contributed by atoms with Gasteiger partial charge in [0, 0.05) is 22.3 Å². The number of carboxylic acids is 1. The summed E-state index contributed by atoms with van der Waals surface area (Å²) in [5.41, 5.74) is 4.78. The lowest BCUT2D eigenvalue weighted by Gasteiger charge is -2.13. The monoisotopic (exact) mass is 600 g/mol. The van der Waals surface area contributed by atoms with E-state index >= 15 is 0 Å². The Bertz CT molecular complexity index is 1390. The van der Waals surface area contributed by atoms with Crippen LogP contribution in [0.25, 0.3) is 22.2 Å². The van der Waals surface area contributed by atoms with Gasteiger partial charge in [-0.05, 0) is 104 Å². The first-order valence-electron chi connectivity index (χ1n) is 10.8. The number of ether oxygens (including phenoxy) is 2. The van der Waals surface area contributed by atoms with Gasteiger partial charge in [-0.1, -0.05) is 6.92 Å². The molecule has 180 valence electrons. The number of benzene rings is 3. The molecule has 0 unspecified atom stereocenters. The number of halogens is 2. The van der Waals surface area contributed by atoms with Crippen LogP contribution >= 0.6 is 31.9 Å². The highest BCUT2D eigenvalue weighted by atomic mass is 79.9. The number of methoxy groups -OCH3 is 1. The summed E-state index contributed by atoms with van der Waals surface area (Å²) in [5, 5.41) is 12.4. The number of carboxylic acid groups (broad SMARTS) is 1. The summed E-state index contributed by atoms with van der Waals surface area (Å²) in [4.78, 5) is 26.0. The number of H-pyrrole nitrogens is 1. The largest absolute Gasteiger partial charge is 0.497 e. The molecule has 0 bridgehead atoms. The summed E-state index contributed by atoms with van der Waals surface area (Å²) in [5.74, 6) is 0.188. The molecule has 0 aliphatic rings. The van der Waals surface area contributed by atoms with Crippen molar-refractivity contribution in [3.63, 3.8) is 0 Å². The van der Waals surface area contributed by atoms with E-state index in [4.69, 9.17) is 14.6 Å². The van der Waals surface area contributed by atoms with Crippen molar-refractivity contribution in [1.82, 2.24) is 4.98 Å². The zero-order valence-electron chi connectivity index (χ0n) is 18.9. The number of anilines is 1. The third kappa shape index (κ3) is 5.52. The smallest absolute Gasteiger partial charge is 0.312 e. The lowest BCUT2D eigenvalue weighted by atomic mass is 10.0. The second-order valence-electron chi connectivity index (χ2n) is 7.76. The maximum atomic E-state index is 11.8. The average Bonchev–Trinajstić information content (AvgIpc) is 3.18. The average molecular weight is 602 g/mol. The first kappa shape index (κ1) is 24.8. The van der Waals surface area contributed by atoms with Gasteiger partial charge in [-0.25, -0.2) is 0 Å². The number of fused-ring (bicyclic) bond motifs is 1. The molecule has 3 aromatic carbocycles. The van der Waals surface area contributed by atoms with Crippen LogP contribution in [-0.4, -0.2) is 29.1 Å². The number of amides is 1. The van der Waals surface area contributed by atoms with E-state index in [1.54, 1.807) is 19.2 Å². The van der Waals surface area contributed by atoms with Crippen LogP contribution in [0, 0.1) is 0 Å². The summed E-state index contributed by atoms with van der Waals surface area (Å²) < 4.78 is 12.7. The zero-order chi connectivity index (χ0) is 25.1. The Morgan fingerprint density at radius 3 is 2.26 bits per heavy atom. The molecule has 0 fully saturated rings. The van der Waals surface area contributed by atoms with Crippen LogP contribution in [0.4, 0.5) is 5.69 Å². The first-order chi connectivity index (χ1) is 16.8. The van der Waals surface area contributed by atoms with Gasteiger partial charge >= 0.3 is 5.97 Å². The highest BCUT2D eigenvalue weighted by molar-refractivity contribution is 9.11. The molecule has 0 saturated heterocycles. The number of rotatable bonds is 8. The fourth-order valence-electron chi connectivity index (χ4n) is 3.85. The molecule has 35 heavy (non-hydrogen) atoms. The summed E-state index contributed by atoms with van der Waals surface area (Å²) in [6, 6.07) is 17.1. The van der Waals surface area contributed by atoms with Gasteiger partial charge in [-0.2, -0.15) is 0 Å². The normalized spacial score (nSPS) is 10.9. The van der Waals surface area contributed by atoms with E-state index < -0.39 is 18.3 Å². The first-order valence-corrected chi connectivity index (χ1v) is 12.3. The Morgan fingerprint density at radius 2 is 1.66 bits per heavy atom. The molecule has 0 atom stereocenters. The van der Waals surface area contributed by atoms with Gasteiger partial charge in [0.25, 0.3) is 0 Å². The minimum absolute atomic E-state index is 0.445. The molecule has 0 radical (unpaired) electrons. The van der Waals surface area contributed by atoms with Crippen LogP contribution in [0.3, 0.4) is 0 Å². The predicted molar refractivity (Wildman–Crippen MR) is 142 cm³/mol. The molecule has 7 nitrogen and oxygen atoms in total. The number of aryl methyl sites for hydroxylation is 1. The van der Waals surface area contributed by atoms with E-state index in [0.717, 1.165) is 34.3 Å². The van der Waals surface area contributed by atoms with Gasteiger partial charge in [0.05, 0.1) is 16.1 Å². The van der Waals surface area contributed by atoms with E-state index in [0.29, 0.717) is 26.1 Å². The number of hydrogen-bond donors (Lipinski definition) is 3. The summed E-state index contributed by atoms with van der Waals surface area (Å²) in [7, 11) is 1.65. The molecule has 4 aromatic rings. The number of nitrogens with one attached hydrogen (secondary N) is 2. The second kappa shape index (κ2) is 10.5. The quantitative estimate of drug-likeness (QED) is 0.186. The standard InChI is InChI=1S/C26H22Br2N2O5/c1-3-18-19-12-17(8-9-22(19)30-25(18)14-4-6-16(34-2)7-5-14)35-26-20(27)10-15(11-21(26)28)29-23(31)13-24(32)33/h4-12,30H,3,13H2,1-2H3,(H,29,31)(H,32,33). The molecule has 1 amide bonds. The Hall–Kier alpha value is -3.30. The third-order valence-corrected chi connectivity index (χ3v) is 6.60.